The second kappa shape index (κ2) is 4.70. The molecule has 0 N–H and O–H groups in total. The lowest BCUT2D eigenvalue weighted by molar-refractivity contribution is -0.389. The molecular weight excluding hydrogens is 270 g/mol. The Morgan fingerprint density at radius 1 is 1.29 bits per heavy atom. The summed E-state index contributed by atoms with van der Waals surface area (Å²) < 4.78 is 1.57. The highest BCUT2D eigenvalue weighted by Gasteiger charge is 2.35. The molecule has 21 heavy (non-hydrogen) atoms. The molecule has 4 rings (SSSR count). The van der Waals surface area contributed by atoms with Crippen molar-refractivity contribution in [3.05, 3.63) is 34.5 Å². The summed E-state index contributed by atoms with van der Waals surface area (Å²) in [5.74, 6) is 0.592. The van der Waals surface area contributed by atoms with Crippen LogP contribution in [0.4, 0.5) is 11.6 Å². The monoisotopic (exact) mass is 287 g/mol. The zero-order valence-corrected chi connectivity index (χ0v) is 11.7. The molecule has 0 aromatic carbocycles. The normalized spacial score (nSPS) is 22.7. The van der Waals surface area contributed by atoms with Gasteiger partial charge in [0.25, 0.3) is 0 Å². The molecule has 1 unspecified atom stereocenters. The fourth-order valence-electron chi connectivity index (χ4n) is 3.54. The zero-order chi connectivity index (χ0) is 14.4. The molecule has 2 aromatic heterocycles. The van der Waals surface area contributed by atoms with Crippen LogP contribution in [0.15, 0.2) is 24.4 Å². The van der Waals surface area contributed by atoms with E-state index in [4.69, 9.17) is 0 Å². The summed E-state index contributed by atoms with van der Waals surface area (Å²) in [5, 5.41) is 11.5. The third-order valence-electron chi connectivity index (χ3n) is 4.55. The molecule has 110 valence electrons. The predicted molar refractivity (Wildman–Crippen MR) is 78.7 cm³/mol. The van der Waals surface area contributed by atoms with E-state index in [2.05, 4.69) is 14.8 Å². The molecule has 0 aliphatic carbocycles. The van der Waals surface area contributed by atoms with Crippen LogP contribution in [-0.2, 0) is 0 Å². The van der Waals surface area contributed by atoms with Gasteiger partial charge in [-0.1, -0.05) is 6.07 Å². The lowest BCUT2D eigenvalue weighted by atomic mass is 10.1. The standard InChI is InChI=1S/C14H17N5O2/c20-19(21)14-13(15-12-5-1-2-7-18(12)14)17-9-8-16-6-3-4-11(16)10-17/h1-2,5,7,11H,3-4,6,8-10H2. The summed E-state index contributed by atoms with van der Waals surface area (Å²) in [6.07, 6.45) is 4.11. The van der Waals surface area contributed by atoms with Crippen molar-refractivity contribution in [1.82, 2.24) is 14.3 Å². The maximum absolute atomic E-state index is 11.5. The molecule has 0 bridgehead atoms. The topological polar surface area (TPSA) is 66.9 Å². The molecule has 2 aromatic rings. The average molecular weight is 287 g/mol. The van der Waals surface area contributed by atoms with E-state index >= 15 is 0 Å². The summed E-state index contributed by atoms with van der Waals surface area (Å²) in [6.45, 7) is 3.77. The summed E-state index contributed by atoms with van der Waals surface area (Å²) >= 11 is 0. The minimum absolute atomic E-state index is 0.0806. The Bertz CT molecular complexity index is 698. The Morgan fingerprint density at radius 2 is 2.19 bits per heavy atom. The van der Waals surface area contributed by atoms with Crippen LogP contribution in [0.1, 0.15) is 12.8 Å². The Kier molecular flexibility index (Phi) is 2.81. The minimum Gasteiger partial charge on any atom is -0.358 e. The van der Waals surface area contributed by atoms with Crippen LogP contribution < -0.4 is 4.90 Å². The molecule has 2 fully saturated rings. The maximum atomic E-state index is 11.5. The first kappa shape index (κ1) is 12.6. The van der Waals surface area contributed by atoms with Gasteiger partial charge in [-0.2, -0.15) is 9.38 Å². The number of rotatable bonds is 2. The number of aromatic nitrogens is 2. The van der Waals surface area contributed by atoms with E-state index in [0.29, 0.717) is 17.5 Å². The van der Waals surface area contributed by atoms with Crippen molar-refractivity contribution in [2.75, 3.05) is 31.1 Å². The highest BCUT2D eigenvalue weighted by Crippen LogP contribution is 2.32. The molecule has 2 aliphatic rings. The van der Waals surface area contributed by atoms with E-state index < -0.39 is 0 Å². The zero-order valence-electron chi connectivity index (χ0n) is 11.7. The number of nitrogens with zero attached hydrogens (tertiary/aromatic N) is 5. The highest BCUT2D eigenvalue weighted by molar-refractivity contribution is 5.63. The maximum Gasteiger partial charge on any atom is 0.372 e. The molecule has 1 atom stereocenters. The molecule has 7 nitrogen and oxygen atoms in total. The molecule has 2 aliphatic heterocycles. The summed E-state index contributed by atoms with van der Waals surface area (Å²) in [5.41, 5.74) is 0.632. The van der Waals surface area contributed by atoms with Crippen LogP contribution in [-0.4, -0.2) is 51.4 Å². The molecule has 7 heteroatoms. The molecule has 2 saturated heterocycles. The largest absolute Gasteiger partial charge is 0.372 e. The first-order valence-electron chi connectivity index (χ1n) is 7.34. The van der Waals surface area contributed by atoms with Crippen molar-refractivity contribution in [1.29, 1.82) is 0 Å². The number of hydrogen-bond donors (Lipinski definition) is 0. The molecular formula is C14H17N5O2. The molecule has 0 radical (unpaired) electrons. The fourth-order valence-corrected chi connectivity index (χ4v) is 3.54. The van der Waals surface area contributed by atoms with E-state index in [-0.39, 0.29) is 10.7 Å². The highest BCUT2D eigenvalue weighted by atomic mass is 16.6. The lowest BCUT2D eigenvalue weighted by Gasteiger charge is -2.37. The third-order valence-corrected chi connectivity index (χ3v) is 4.55. The number of imidazole rings is 1. The van der Waals surface area contributed by atoms with Gasteiger partial charge < -0.3 is 15.0 Å². The van der Waals surface area contributed by atoms with Crippen molar-refractivity contribution in [3.63, 3.8) is 0 Å². The number of hydrogen-bond acceptors (Lipinski definition) is 5. The third kappa shape index (κ3) is 1.96. The van der Waals surface area contributed by atoms with Gasteiger partial charge in [-0.15, -0.1) is 0 Å². The van der Waals surface area contributed by atoms with E-state index in [1.54, 1.807) is 16.7 Å². The van der Waals surface area contributed by atoms with Gasteiger partial charge in [0.1, 0.15) is 0 Å². The Morgan fingerprint density at radius 3 is 3.05 bits per heavy atom. The summed E-state index contributed by atoms with van der Waals surface area (Å²) in [7, 11) is 0. The van der Waals surface area contributed by atoms with Gasteiger partial charge in [0.2, 0.25) is 11.5 Å². The van der Waals surface area contributed by atoms with Crippen molar-refractivity contribution in [2.24, 2.45) is 0 Å². The molecule has 0 saturated carbocycles. The first-order valence-corrected chi connectivity index (χ1v) is 7.34. The Balaban J connectivity index is 1.75. The number of fused-ring (bicyclic) bond motifs is 2. The van der Waals surface area contributed by atoms with Crippen LogP contribution in [0.2, 0.25) is 0 Å². The van der Waals surface area contributed by atoms with Gasteiger partial charge >= 0.3 is 5.82 Å². The summed E-state index contributed by atoms with van der Waals surface area (Å²) in [6, 6.07) is 5.97. The number of nitro groups is 1. The van der Waals surface area contributed by atoms with E-state index in [1.165, 1.54) is 12.8 Å². The molecule has 0 spiro atoms. The Hall–Kier alpha value is -2.15. The van der Waals surface area contributed by atoms with Crippen molar-refractivity contribution in [2.45, 2.75) is 18.9 Å². The van der Waals surface area contributed by atoms with Gasteiger partial charge in [0.15, 0.2) is 0 Å². The quantitative estimate of drug-likeness (QED) is 0.619. The fraction of sp³-hybridized carbons (Fsp3) is 0.500. The van der Waals surface area contributed by atoms with Gasteiger partial charge in [-0.25, -0.2) is 0 Å². The van der Waals surface area contributed by atoms with Crippen LogP contribution in [0.25, 0.3) is 5.65 Å². The Labute approximate surface area is 121 Å². The van der Waals surface area contributed by atoms with Crippen LogP contribution in [0.3, 0.4) is 0 Å². The van der Waals surface area contributed by atoms with Crippen LogP contribution in [0.5, 0.6) is 0 Å². The van der Waals surface area contributed by atoms with Crippen LogP contribution in [0, 0.1) is 10.1 Å². The minimum atomic E-state index is -0.323. The SMILES string of the molecule is O=[N+]([O-])c1c(N2CCN3CCCC3C2)nc2ccccn12. The van der Waals surface area contributed by atoms with E-state index in [9.17, 15) is 10.1 Å². The number of anilines is 1. The van der Waals surface area contributed by atoms with Gasteiger partial charge in [-0.05, 0) is 30.4 Å². The van der Waals surface area contributed by atoms with E-state index in [0.717, 1.165) is 26.2 Å². The average Bonchev–Trinajstić information content (AvgIpc) is 3.10. The lowest BCUT2D eigenvalue weighted by Crippen LogP contribution is -2.50. The van der Waals surface area contributed by atoms with E-state index in [1.807, 2.05) is 12.1 Å². The predicted octanol–water partition coefficient (Wildman–Crippen LogP) is 1.53. The number of piperazine rings is 1. The van der Waals surface area contributed by atoms with Gasteiger partial charge in [0, 0.05) is 31.7 Å². The molecule has 4 heterocycles. The van der Waals surface area contributed by atoms with Crippen LogP contribution >= 0.6 is 0 Å². The molecule has 0 amide bonds. The van der Waals surface area contributed by atoms with Gasteiger partial charge in [-0.3, -0.25) is 4.90 Å². The second-order valence-electron chi connectivity index (χ2n) is 5.72. The summed E-state index contributed by atoms with van der Waals surface area (Å²) in [4.78, 5) is 20.2. The second-order valence-corrected chi connectivity index (χ2v) is 5.72. The smallest absolute Gasteiger partial charge is 0.358 e. The van der Waals surface area contributed by atoms with Crippen molar-refractivity contribution < 1.29 is 4.92 Å². The van der Waals surface area contributed by atoms with Crippen molar-refractivity contribution >= 4 is 17.3 Å². The first-order chi connectivity index (χ1) is 10.2. The van der Waals surface area contributed by atoms with Gasteiger partial charge in [0.05, 0.1) is 6.20 Å². The van der Waals surface area contributed by atoms with Crippen molar-refractivity contribution in [3.8, 4) is 0 Å². The number of pyridine rings is 1.